The van der Waals surface area contributed by atoms with E-state index in [0.717, 1.165) is 38.7 Å². The largest absolute Gasteiger partial charge is 0.486 e. The summed E-state index contributed by atoms with van der Waals surface area (Å²) in [4.78, 5) is 4.77. The van der Waals surface area contributed by atoms with Crippen molar-refractivity contribution in [3.05, 3.63) is 89.2 Å². The number of benzene rings is 2. The number of thiazole rings is 1. The van der Waals surface area contributed by atoms with Crippen LogP contribution >= 0.6 is 23.1 Å². The lowest BCUT2D eigenvalue weighted by molar-refractivity contribution is 0.289. The van der Waals surface area contributed by atoms with E-state index in [2.05, 4.69) is 54.2 Å². The summed E-state index contributed by atoms with van der Waals surface area (Å²) in [6.45, 7) is 9.00. The molecule has 0 aliphatic heterocycles. The molecule has 7 heteroatoms. The van der Waals surface area contributed by atoms with Gasteiger partial charge in [-0.2, -0.15) is 0 Å². The van der Waals surface area contributed by atoms with Gasteiger partial charge in [-0.3, -0.25) is 4.57 Å². The van der Waals surface area contributed by atoms with Gasteiger partial charge >= 0.3 is 0 Å². The third-order valence-corrected chi connectivity index (χ3v) is 6.53. The summed E-state index contributed by atoms with van der Waals surface area (Å²) in [5.41, 5.74) is 4.54. The molecule has 2 aromatic carbocycles. The lowest BCUT2D eigenvalue weighted by Gasteiger charge is -2.10. The number of aromatic nitrogens is 4. The Labute approximate surface area is 190 Å². The third-order valence-electron chi connectivity index (χ3n) is 4.59. The summed E-state index contributed by atoms with van der Waals surface area (Å²) in [7, 11) is 0. The first kappa shape index (κ1) is 21.3. The van der Waals surface area contributed by atoms with Crippen molar-refractivity contribution in [2.45, 2.75) is 37.9 Å². The Hall–Kier alpha value is -2.90. The van der Waals surface area contributed by atoms with Crippen molar-refractivity contribution in [2.75, 3.05) is 0 Å². The molecule has 0 fully saturated rings. The van der Waals surface area contributed by atoms with Crippen LogP contribution in [0, 0.1) is 13.8 Å². The van der Waals surface area contributed by atoms with E-state index in [4.69, 9.17) is 9.72 Å². The topological polar surface area (TPSA) is 52.8 Å². The molecule has 0 atom stereocenters. The Morgan fingerprint density at radius 2 is 1.87 bits per heavy atom. The van der Waals surface area contributed by atoms with Crippen molar-refractivity contribution < 1.29 is 4.74 Å². The summed E-state index contributed by atoms with van der Waals surface area (Å²) in [5, 5.41) is 12.7. The molecule has 0 radical (unpaired) electrons. The van der Waals surface area contributed by atoms with Gasteiger partial charge in [-0.1, -0.05) is 54.2 Å². The molecule has 2 aromatic heterocycles. The van der Waals surface area contributed by atoms with Crippen molar-refractivity contribution in [1.82, 2.24) is 19.7 Å². The molecule has 0 N–H and O–H groups in total. The van der Waals surface area contributed by atoms with Crippen LogP contribution in [0.1, 0.15) is 22.6 Å². The molecule has 158 valence electrons. The van der Waals surface area contributed by atoms with Gasteiger partial charge in [-0.15, -0.1) is 28.1 Å². The average Bonchev–Trinajstić information content (AvgIpc) is 3.38. The lowest BCUT2D eigenvalue weighted by Crippen LogP contribution is -2.07. The third kappa shape index (κ3) is 5.42. The van der Waals surface area contributed by atoms with Crippen LogP contribution in [-0.2, 0) is 18.9 Å². The van der Waals surface area contributed by atoms with Gasteiger partial charge in [0, 0.05) is 23.2 Å². The molecule has 0 amide bonds. The van der Waals surface area contributed by atoms with Crippen molar-refractivity contribution in [1.29, 1.82) is 0 Å². The van der Waals surface area contributed by atoms with Gasteiger partial charge in [0.05, 0.1) is 5.69 Å². The SMILES string of the molecule is C=CCn1c(COc2cc(C)cc(C)c2)nnc1SCc1csc(-c2ccccc2)n1. The minimum Gasteiger partial charge on any atom is -0.486 e. The van der Waals surface area contributed by atoms with E-state index in [1.807, 2.05) is 41.0 Å². The Morgan fingerprint density at radius 3 is 2.61 bits per heavy atom. The molecule has 31 heavy (non-hydrogen) atoms. The molecule has 5 nitrogen and oxygen atoms in total. The fourth-order valence-electron chi connectivity index (χ4n) is 3.23. The van der Waals surface area contributed by atoms with Crippen molar-refractivity contribution in [3.8, 4) is 16.3 Å². The highest BCUT2D eigenvalue weighted by atomic mass is 32.2. The minimum atomic E-state index is 0.360. The number of hydrogen-bond donors (Lipinski definition) is 0. The predicted molar refractivity (Wildman–Crippen MR) is 128 cm³/mol. The molecule has 4 aromatic rings. The fourth-order valence-corrected chi connectivity index (χ4v) is 5.02. The van der Waals surface area contributed by atoms with Crippen LogP contribution in [0.25, 0.3) is 10.6 Å². The van der Waals surface area contributed by atoms with E-state index in [0.29, 0.717) is 13.2 Å². The van der Waals surface area contributed by atoms with E-state index in [9.17, 15) is 0 Å². The maximum atomic E-state index is 5.99. The predicted octanol–water partition coefficient (Wildman–Crippen LogP) is 6.08. The molecule has 4 rings (SSSR count). The van der Waals surface area contributed by atoms with Crippen LogP contribution < -0.4 is 4.74 Å². The van der Waals surface area contributed by atoms with Crippen LogP contribution in [0.15, 0.2) is 71.7 Å². The van der Waals surface area contributed by atoms with Gasteiger partial charge in [0.1, 0.15) is 17.4 Å². The van der Waals surface area contributed by atoms with E-state index >= 15 is 0 Å². The number of allylic oxidation sites excluding steroid dienone is 1. The zero-order chi connectivity index (χ0) is 21.6. The maximum absolute atomic E-state index is 5.99. The molecule has 0 aliphatic carbocycles. The van der Waals surface area contributed by atoms with Gasteiger partial charge in [0.25, 0.3) is 0 Å². The summed E-state index contributed by atoms with van der Waals surface area (Å²) >= 11 is 3.29. The Kier molecular flexibility index (Phi) is 6.84. The standard InChI is InChI=1S/C24H24N4OS2/c1-4-10-28-22(14-29-21-12-17(2)11-18(3)13-21)26-27-24(28)31-16-20-15-30-23(25-20)19-8-6-5-7-9-19/h4-9,11-13,15H,1,10,14,16H2,2-3H3. The number of rotatable bonds is 9. The summed E-state index contributed by atoms with van der Waals surface area (Å²) in [6, 6.07) is 16.4. The van der Waals surface area contributed by atoms with Gasteiger partial charge in [0.15, 0.2) is 11.0 Å². The van der Waals surface area contributed by atoms with Gasteiger partial charge in [0.2, 0.25) is 0 Å². The smallest absolute Gasteiger partial charge is 0.191 e. The lowest BCUT2D eigenvalue weighted by atomic mass is 10.1. The molecule has 0 saturated heterocycles. The Balaban J connectivity index is 1.43. The minimum absolute atomic E-state index is 0.360. The maximum Gasteiger partial charge on any atom is 0.191 e. The van der Waals surface area contributed by atoms with Crippen molar-refractivity contribution in [3.63, 3.8) is 0 Å². The first-order chi connectivity index (χ1) is 15.1. The highest BCUT2D eigenvalue weighted by Gasteiger charge is 2.14. The van der Waals surface area contributed by atoms with E-state index in [-0.39, 0.29) is 0 Å². The molecule has 0 unspecified atom stereocenters. The molecule has 0 bridgehead atoms. The number of aryl methyl sites for hydroxylation is 2. The van der Waals surface area contributed by atoms with Crippen LogP contribution in [0.3, 0.4) is 0 Å². The first-order valence-electron chi connectivity index (χ1n) is 9.99. The molecule has 0 aliphatic rings. The zero-order valence-electron chi connectivity index (χ0n) is 17.6. The van der Waals surface area contributed by atoms with Gasteiger partial charge in [-0.05, 0) is 37.1 Å². The van der Waals surface area contributed by atoms with Gasteiger partial charge in [-0.25, -0.2) is 4.98 Å². The van der Waals surface area contributed by atoms with Crippen molar-refractivity contribution in [2.24, 2.45) is 0 Å². The van der Waals surface area contributed by atoms with E-state index in [1.165, 1.54) is 11.1 Å². The fraction of sp³-hybridized carbons (Fsp3) is 0.208. The number of nitrogens with zero attached hydrogens (tertiary/aromatic N) is 4. The highest BCUT2D eigenvalue weighted by molar-refractivity contribution is 7.98. The second-order valence-corrected chi connectivity index (χ2v) is 9.01. The normalized spacial score (nSPS) is 10.9. The molecular formula is C24H24N4OS2. The second-order valence-electron chi connectivity index (χ2n) is 7.21. The second kappa shape index (κ2) is 9.94. The average molecular weight is 449 g/mol. The molecular weight excluding hydrogens is 424 g/mol. The summed E-state index contributed by atoms with van der Waals surface area (Å²) < 4.78 is 8.04. The number of hydrogen-bond acceptors (Lipinski definition) is 6. The monoisotopic (exact) mass is 448 g/mol. The summed E-state index contributed by atoms with van der Waals surface area (Å²) in [6.07, 6.45) is 1.85. The van der Waals surface area contributed by atoms with E-state index < -0.39 is 0 Å². The molecule has 2 heterocycles. The quantitative estimate of drug-likeness (QED) is 0.230. The van der Waals surface area contributed by atoms with Gasteiger partial charge < -0.3 is 4.74 Å². The summed E-state index contributed by atoms with van der Waals surface area (Å²) in [5.74, 6) is 2.36. The molecule has 0 saturated carbocycles. The Bertz CT molecular complexity index is 1150. The van der Waals surface area contributed by atoms with Crippen LogP contribution in [0.2, 0.25) is 0 Å². The van der Waals surface area contributed by atoms with Crippen LogP contribution in [0.5, 0.6) is 5.75 Å². The van der Waals surface area contributed by atoms with Crippen LogP contribution in [-0.4, -0.2) is 19.7 Å². The van der Waals surface area contributed by atoms with Crippen molar-refractivity contribution >= 4 is 23.1 Å². The van der Waals surface area contributed by atoms with Crippen LogP contribution in [0.4, 0.5) is 0 Å². The molecule has 0 spiro atoms. The highest BCUT2D eigenvalue weighted by Crippen LogP contribution is 2.28. The number of ether oxygens (including phenoxy) is 1. The van der Waals surface area contributed by atoms with E-state index in [1.54, 1.807) is 23.1 Å². The Morgan fingerprint density at radius 1 is 1.10 bits per heavy atom. The zero-order valence-corrected chi connectivity index (χ0v) is 19.2. The first-order valence-corrected chi connectivity index (χ1v) is 11.9. The number of thioether (sulfide) groups is 1.